The van der Waals surface area contributed by atoms with Gasteiger partial charge in [-0.2, -0.15) is 0 Å². The quantitative estimate of drug-likeness (QED) is 0.232. The third kappa shape index (κ3) is 6.10. The number of ether oxygens (including phenoxy) is 1. The van der Waals surface area contributed by atoms with Crippen molar-refractivity contribution in [2.24, 2.45) is 0 Å². The van der Waals surface area contributed by atoms with Crippen LogP contribution in [0.25, 0.3) is 0 Å². The average molecular weight is 507 g/mol. The van der Waals surface area contributed by atoms with Crippen LogP contribution < -0.4 is 20.7 Å². The Labute approximate surface area is 213 Å². The van der Waals surface area contributed by atoms with Gasteiger partial charge in [0.05, 0.1) is 18.8 Å². The van der Waals surface area contributed by atoms with Crippen LogP contribution in [0.4, 0.5) is 26.0 Å². The molecule has 4 rings (SSSR count). The molecule has 4 N–H and O–H groups in total. The molecule has 8 nitrogen and oxygen atoms in total. The SMILES string of the molecule is CCOc1cc(F)c(CNc2ccccc2C(NC)c2ncc(O)c(Nc3ccnc(C)c3)n2)c(F)c1. The number of anilines is 3. The Morgan fingerprint density at radius 1 is 1.05 bits per heavy atom. The van der Waals surface area contributed by atoms with E-state index in [0.717, 1.165) is 16.9 Å². The summed E-state index contributed by atoms with van der Waals surface area (Å²) in [5, 5.41) is 19.8. The van der Waals surface area contributed by atoms with Crippen molar-refractivity contribution in [1.82, 2.24) is 20.3 Å². The second-order valence-corrected chi connectivity index (χ2v) is 8.23. The van der Waals surface area contributed by atoms with E-state index in [2.05, 4.69) is 30.9 Å². The maximum absolute atomic E-state index is 14.6. The molecule has 4 aromatic rings. The minimum Gasteiger partial charge on any atom is -0.503 e. The summed E-state index contributed by atoms with van der Waals surface area (Å²) in [6.07, 6.45) is 2.98. The number of para-hydroxylation sites is 1. The van der Waals surface area contributed by atoms with Crippen molar-refractivity contribution in [3.8, 4) is 11.5 Å². The second-order valence-electron chi connectivity index (χ2n) is 8.23. The number of halogens is 2. The number of aryl methyl sites for hydroxylation is 1. The predicted octanol–water partition coefficient (Wildman–Crippen LogP) is 5.23. The molecule has 2 heterocycles. The lowest BCUT2D eigenvalue weighted by molar-refractivity contribution is 0.335. The lowest BCUT2D eigenvalue weighted by Gasteiger charge is -2.21. The first-order valence-electron chi connectivity index (χ1n) is 11.8. The second kappa shape index (κ2) is 11.6. The van der Waals surface area contributed by atoms with Crippen LogP contribution in [-0.2, 0) is 6.54 Å². The molecule has 2 aromatic heterocycles. The molecule has 0 aliphatic rings. The van der Waals surface area contributed by atoms with E-state index in [9.17, 15) is 13.9 Å². The number of rotatable bonds is 10. The van der Waals surface area contributed by atoms with Crippen molar-refractivity contribution >= 4 is 17.2 Å². The van der Waals surface area contributed by atoms with E-state index >= 15 is 0 Å². The zero-order valence-corrected chi connectivity index (χ0v) is 20.7. The van der Waals surface area contributed by atoms with Crippen molar-refractivity contribution in [1.29, 1.82) is 0 Å². The Morgan fingerprint density at radius 3 is 2.51 bits per heavy atom. The van der Waals surface area contributed by atoms with E-state index in [4.69, 9.17) is 4.74 Å². The van der Waals surface area contributed by atoms with Gasteiger partial charge in [0.15, 0.2) is 17.4 Å². The van der Waals surface area contributed by atoms with Gasteiger partial charge in [-0.15, -0.1) is 0 Å². The number of aromatic hydroxyl groups is 1. The third-order valence-electron chi connectivity index (χ3n) is 5.65. The van der Waals surface area contributed by atoms with E-state index in [0.29, 0.717) is 18.1 Å². The van der Waals surface area contributed by atoms with Crippen LogP contribution in [0, 0.1) is 18.6 Å². The van der Waals surface area contributed by atoms with Crippen molar-refractivity contribution in [2.45, 2.75) is 26.4 Å². The first-order valence-corrected chi connectivity index (χ1v) is 11.8. The molecule has 192 valence electrons. The van der Waals surface area contributed by atoms with Gasteiger partial charge in [-0.3, -0.25) is 4.98 Å². The molecular formula is C27H28F2N6O2. The number of benzene rings is 2. The summed E-state index contributed by atoms with van der Waals surface area (Å²) >= 11 is 0. The monoisotopic (exact) mass is 506 g/mol. The van der Waals surface area contributed by atoms with Gasteiger partial charge in [0.1, 0.15) is 17.4 Å². The Hall–Kier alpha value is -4.31. The van der Waals surface area contributed by atoms with E-state index in [-0.39, 0.29) is 29.4 Å². The highest BCUT2D eigenvalue weighted by Gasteiger charge is 2.21. The highest BCUT2D eigenvalue weighted by molar-refractivity contribution is 5.62. The molecule has 0 bridgehead atoms. The van der Waals surface area contributed by atoms with Crippen molar-refractivity contribution < 1.29 is 18.6 Å². The first-order chi connectivity index (χ1) is 17.9. The number of hydrogen-bond donors (Lipinski definition) is 4. The van der Waals surface area contributed by atoms with Gasteiger partial charge in [0.25, 0.3) is 0 Å². The number of aromatic nitrogens is 3. The zero-order valence-electron chi connectivity index (χ0n) is 20.7. The maximum atomic E-state index is 14.6. The normalized spacial score (nSPS) is 11.7. The summed E-state index contributed by atoms with van der Waals surface area (Å²) in [5.74, 6) is -0.722. The summed E-state index contributed by atoms with van der Waals surface area (Å²) < 4.78 is 34.4. The van der Waals surface area contributed by atoms with Gasteiger partial charge in [-0.1, -0.05) is 18.2 Å². The standard InChI is InChI=1S/C27H28F2N6O2/c1-4-37-18-12-21(28)20(22(29)13-18)14-32-23-8-6-5-7-19(23)25(30-3)27-33-15-24(36)26(35-27)34-17-9-10-31-16(2)11-17/h5-13,15,25,30,32,36H,4,14H2,1-3H3,(H,31,33,34,35). The number of nitrogens with one attached hydrogen (secondary N) is 3. The summed E-state index contributed by atoms with van der Waals surface area (Å²) in [6, 6.07) is 12.8. The lowest BCUT2D eigenvalue weighted by atomic mass is 10.0. The fourth-order valence-corrected chi connectivity index (χ4v) is 3.90. The Morgan fingerprint density at radius 2 is 1.81 bits per heavy atom. The van der Waals surface area contributed by atoms with Crippen molar-refractivity contribution in [3.05, 3.63) is 95.2 Å². The van der Waals surface area contributed by atoms with Gasteiger partial charge in [0, 0.05) is 47.5 Å². The topological polar surface area (TPSA) is 104 Å². The van der Waals surface area contributed by atoms with Crippen LogP contribution in [0.1, 0.15) is 35.6 Å². The molecule has 0 aliphatic carbocycles. The summed E-state index contributed by atoms with van der Waals surface area (Å²) in [5.41, 5.74) is 2.83. The van der Waals surface area contributed by atoms with Gasteiger partial charge in [-0.05, 0) is 44.7 Å². The smallest absolute Gasteiger partial charge is 0.177 e. The van der Waals surface area contributed by atoms with Crippen LogP contribution in [-0.4, -0.2) is 33.7 Å². The third-order valence-corrected chi connectivity index (χ3v) is 5.65. The first kappa shape index (κ1) is 25.8. The molecule has 0 fully saturated rings. The Balaban J connectivity index is 1.60. The molecule has 0 amide bonds. The predicted molar refractivity (Wildman–Crippen MR) is 138 cm³/mol. The fourth-order valence-electron chi connectivity index (χ4n) is 3.90. The van der Waals surface area contributed by atoms with Crippen molar-refractivity contribution in [2.75, 3.05) is 24.3 Å². The number of hydrogen-bond acceptors (Lipinski definition) is 8. The molecule has 1 atom stereocenters. The van der Waals surface area contributed by atoms with Crippen LogP contribution in [0.5, 0.6) is 11.5 Å². The van der Waals surface area contributed by atoms with Gasteiger partial charge < -0.3 is 25.8 Å². The number of nitrogens with zero attached hydrogens (tertiary/aromatic N) is 3. The molecular weight excluding hydrogens is 478 g/mol. The van der Waals surface area contributed by atoms with Gasteiger partial charge in [-0.25, -0.2) is 18.7 Å². The van der Waals surface area contributed by atoms with Crippen LogP contribution >= 0.6 is 0 Å². The number of pyridine rings is 1. The highest BCUT2D eigenvalue weighted by atomic mass is 19.1. The summed E-state index contributed by atoms with van der Waals surface area (Å²) in [7, 11) is 1.75. The average Bonchev–Trinajstić information content (AvgIpc) is 2.87. The molecule has 37 heavy (non-hydrogen) atoms. The van der Waals surface area contributed by atoms with Gasteiger partial charge in [0.2, 0.25) is 0 Å². The molecule has 2 aromatic carbocycles. The van der Waals surface area contributed by atoms with Gasteiger partial charge >= 0.3 is 0 Å². The van der Waals surface area contributed by atoms with Crippen LogP contribution in [0.3, 0.4) is 0 Å². The minimum atomic E-state index is -0.692. The lowest BCUT2D eigenvalue weighted by Crippen LogP contribution is -2.22. The van der Waals surface area contributed by atoms with E-state index in [1.165, 1.54) is 18.3 Å². The molecule has 0 saturated carbocycles. The molecule has 0 spiro atoms. The minimum absolute atomic E-state index is 0.0812. The molecule has 10 heteroatoms. The molecule has 0 saturated heterocycles. The molecule has 0 aliphatic heterocycles. The molecule has 0 radical (unpaired) electrons. The van der Waals surface area contributed by atoms with E-state index < -0.39 is 17.7 Å². The summed E-state index contributed by atoms with van der Waals surface area (Å²) in [4.78, 5) is 13.0. The van der Waals surface area contributed by atoms with Crippen LogP contribution in [0.15, 0.2) is 60.9 Å². The fraction of sp³-hybridized carbons (Fsp3) is 0.222. The van der Waals surface area contributed by atoms with Crippen molar-refractivity contribution in [3.63, 3.8) is 0 Å². The molecule has 1 unspecified atom stereocenters. The summed E-state index contributed by atoms with van der Waals surface area (Å²) in [6.45, 7) is 3.84. The zero-order chi connectivity index (χ0) is 26.4. The highest BCUT2D eigenvalue weighted by Crippen LogP contribution is 2.31. The van der Waals surface area contributed by atoms with E-state index in [1.54, 1.807) is 26.2 Å². The Kier molecular flexibility index (Phi) is 8.09. The Bertz CT molecular complexity index is 1360. The van der Waals surface area contributed by atoms with Crippen LogP contribution in [0.2, 0.25) is 0 Å². The maximum Gasteiger partial charge on any atom is 0.177 e. The largest absolute Gasteiger partial charge is 0.503 e. The van der Waals surface area contributed by atoms with E-state index in [1.807, 2.05) is 37.3 Å².